The van der Waals surface area contributed by atoms with Gasteiger partial charge in [0.05, 0.1) is 5.52 Å². The van der Waals surface area contributed by atoms with E-state index >= 15 is 0 Å². The molecule has 0 radical (unpaired) electrons. The van der Waals surface area contributed by atoms with Crippen LogP contribution in [0.15, 0.2) is 29.1 Å². The molecule has 0 fully saturated rings. The molecule has 0 unspecified atom stereocenters. The van der Waals surface area contributed by atoms with E-state index in [1.165, 1.54) is 0 Å². The number of hydrogen-bond acceptors (Lipinski definition) is 5. The van der Waals surface area contributed by atoms with Gasteiger partial charge in [0.15, 0.2) is 0 Å². The number of hydrazine groups is 2. The van der Waals surface area contributed by atoms with Gasteiger partial charge in [-0.05, 0) is 6.07 Å². The van der Waals surface area contributed by atoms with Crippen LogP contribution < -0.4 is 27.7 Å². The van der Waals surface area contributed by atoms with Gasteiger partial charge >= 0.3 is 6.03 Å². The van der Waals surface area contributed by atoms with Gasteiger partial charge in [-0.25, -0.2) is 15.7 Å². The van der Waals surface area contributed by atoms with Crippen LogP contribution in [0.25, 0.3) is 10.9 Å². The number of nitrogens with two attached hydrogens (primary N) is 1. The highest BCUT2D eigenvalue weighted by Crippen LogP contribution is 2.15. The number of rotatable bonds is 2. The van der Waals surface area contributed by atoms with E-state index in [1.54, 1.807) is 24.3 Å². The Kier molecular flexibility index (Phi) is 2.88. The fourth-order valence-electron chi connectivity index (χ4n) is 1.35. The van der Waals surface area contributed by atoms with Crippen LogP contribution in [0.1, 0.15) is 0 Å². The van der Waals surface area contributed by atoms with Crippen molar-refractivity contribution in [3.63, 3.8) is 0 Å². The van der Waals surface area contributed by atoms with Crippen molar-refractivity contribution < 1.29 is 4.79 Å². The maximum absolute atomic E-state index is 11.6. The van der Waals surface area contributed by atoms with Gasteiger partial charge < -0.3 is 0 Å². The standard InChI is InChI=1S/C9H10N6O2/c10-11-9(17)15-13-7-5-3-1-2-4-6(5)12-14-8(7)16/h1-4H,10H2,(H,12,13)(H,14,16)(H2,11,15,17). The van der Waals surface area contributed by atoms with Gasteiger partial charge in [0, 0.05) is 5.39 Å². The summed E-state index contributed by atoms with van der Waals surface area (Å²) in [6.45, 7) is 0. The van der Waals surface area contributed by atoms with Crippen molar-refractivity contribution in [3.05, 3.63) is 34.6 Å². The summed E-state index contributed by atoms with van der Waals surface area (Å²) in [4.78, 5) is 22.4. The van der Waals surface area contributed by atoms with Crippen LogP contribution in [-0.2, 0) is 0 Å². The number of anilines is 1. The second-order valence-electron chi connectivity index (χ2n) is 3.17. The predicted octanol–water partition coefficient (Wildman–Crippen LogP) is -0.577. The number of nitrogens with one attached hydrogen (secondary N) is 4. The Bertz CT molecular complexity index is 608. The van der Waals surface area contributed by atoms with E-state index in [0.29, 0.717) is 10.9 Å². The van der Waals surface area contributed by atoms with Crippen molar-refractivity contribution in [1.82, 2.24) is 21.0 Å². The van der Waals surface area contributed by atoms with E-state index in [4.69, 9.17) is 5.84 Å². The zero-order chi connectivity index (χ0) is 12.3. The molecule has 0 saturated heterocycles. The number of urea groups is 1. The van der Waals surface area contributed by atoms with Crippen molar-refractivity contribution in [2.24, 2.45) is 5.84 Å². The van der Waals surface area contributed by atoms with Crippen molar-refractivity contribution in [1.29, 1.82) is 0 Å². The molecule has 17 heavy (non-hydrogen) atoms. The molecule has 0 aliphatic heterocycles. The third-order valence-electron chi connectivity index (χ3n) is 2.11. The molecule has 1 aromatic heterocycles. The predicted molar refractivity (Wildman–Crippen MR) is 61.8 cm³/mol. The number of fused-ring (bicyclic) bond motifs is 1. The molecule has 1 heterocycles. The van der Waals surface area contributed by atoms with Gasteiger partial charge in [-0.1, -0.05) is 18.2 Å². The SMILES string of the molecule is NNC(=O)NNc1c(=O)[nH]nc2ccccc12. The average Bonchev–Trinajstić information content (AvgIpc) is 2.37. The summed E-state index contributed by atoms with van der Waals surface area (Å²) in [5.74, 6) is 4.89. The van der Waals surface area contributed by atoms with Gasteiger partial charge in [0.1, 0.15) is 5.69 Å². The largest absolute Gasteiger partial charge is 0.347 e. The molecule has 8 heteroatoms. The quantitative estimate of drug-likeness (QED) is 0.270. The summed E-state index contributed by atoms with van der Waals surface area (Å²) in [5.41, 5.74) is 6.90. The monoisotopic (exact) mass is 234 g/mol. The van der Waals surface area contributed by atoms with Gasteiger partial charge in [-0.3, -0.25) is 21.1 Å². The number of carbonyl (C=O) groups excluding carboxylic acids is 1. The molecule has 1 aromatic carbocycles. The first-order valence-electron chi connectivity index (χ1n) is 4.72. The van der Waals surface area contributed by atoms with E-state index in [9.17, 15) is 9.59 Å². The van der Waals surface area contributed by atoms with E-state index in [2.05, 4.69) is 21.0 Å². The van der Waals surface area contributed by atoms with Crippen molar-refractivity contribution in [2.45, 2.75) is 0 Å². The number of hydrogen-bond donors (Lipinski definition) is 5. The number of H-pyrrole nitrogens is 1. The number of amides is 2. The zero-order valence-corrected chi connectivity index (χ0v) is 8.65. The molecule has 2 rings (SSSR count). The van der Waals surface area contributed by atoms with E-state index in [-0.39, 0.29) is 5.69 Å². The molecule has 0 bridgehead atoms. The maximum Gasteiger partial charge on any atom is 0.347 e. The zero-order valence-electron chi connectivity index (χ0n) is 8.65. The summed E-state index contributed by atoms with van der Waals surface area (Å²) < 4.78 is 0. The van der Waals surface area contributed by atoms with E-state index in [0.717, 1.165) is 0 Å². The van der Waals surface area contributed by atoms with Crippen LogP contribution >= 0.6 is 0 Å². The molecule has 2 amide bonds. The molecule has 0 saturated carbocycles. The third-order valence-corrected chi connectivity index (χ3v) is 2.11. The molecule has 0 aliphatic carbocycles. The number of aromatic amines is 1. The smallest absolute Gasteiger partial charge is 0.291 e. The number of benzene rings is 1. The second kappa shape index (κ2) is 4.49. The summed E-state index contributed by atoms with van der Waals surface area (Å²) in [6, 6.07) is 6.33. The van der Waals surface area contributed by atoms with Gasteiger partial charge in [-0.15, -0.1) is 0 Å². The van der Waals surface area contributed by atoms with Crippen molar-refractivity contribution >= 4 is 22.6 Å². The van der Waals surface area contributed by atoms with Crippen molar-refractivity contribution in [3.8, 4) is 0 Å². The number of para-hydroxylation sites is 1. The highest BCUT2D eigenvalue weighted by Gasteiger charge is 2.07. The summed E-state index contributed by atoms with van der Waals surface area (Å²) >= 11 is 0. The molecule has 6 N–H and O–H groups in total. The summed E-state index contributed by atoms with van der Waals surface area (Å²) in [7, 11) is 0. The number of carbonyl (C=O) groups is 1. The Balaban J connectivity index is 2.41. The molecule has 0 atom stereocenters. The molecular weight excluding hydrogens is 224 g/mol. The first-order valence-corrected chi connectivity index (χ1v) is 4.72. The third kappa shape index (κ3) is 2.16. The lowest BCUT2D eigenvalue weighted by Crippen LogP contribution is -2.43. The fraction of sp³-hybridized carbons (Fsp3) is 0. The lowest BCUT2D eigenvalue weighted by atomic mass is 10.2. The van der Waals surface area contributed by atoms with Crippen LogP contribution in [0, 0.1) is 0 Å². The first-order chi connectivity index (χ1) is 8.22. The Hall–Kier alpha value is -2.61. The van der Waals surface area contributed by atoms with Crippen molar-refractivity contribution in [2.75, 3.05) is 5.43 Å². The van der Waals surface area contributed by atoms with E-state index < -0.39 is 11.6 Å². The maximum atomic E-state index is 11.6. The molecular formula is C9H10N6O2. The summed E-state index contributed by atoms with van der Waals surface area (Å²) in [5, 5.41) is 6.76. The Morgan fingerprint density at radius 3 is 2.88 bits per heavy atom. The first kappa shape index (κ1) is 10.9. The molecule has 0 spiro atoms. The number of aromatic nitrogens is 2. The van der Waals surface area contributed by atoms with E-state index in [1.807, 2.05) is 5.43 Å². The van der Waals surface area contributed by atoms with Crippen LogP contribution in [-0.4, -0.2) is 16.2 Å². The Morgan fingerprint density at radius 1 is 1.35 bits per heavy atom. The lowest BCUT2D eigenvalue weighted by molar-refractivity contribution is 0.243. The van der Waals surface area contributed by atoms with Gasteiger partial charge in [0.2, 0.25) is 0 Å². The highest BCUT2D eigenvalue weighted by atomic mass is 16.2. The van der Waals surface area contributed by atoms with Crippen LogP contribution in [0.4, 0.5) is 10.5 Å². The highest BCUT2D eigenvalue weighted by molar-refractivity contribution is 5.90. The normalized spacial score (nSPS) is 9.94. The number of nitrogens with zero attached hydrogens (tertiary/aromatic N) is 1. The Labute approximate surface area is 95.1 Å². The van der Waals surface area contributed by atoms with Crippen LogP contribution in [0.3, 0.4) is 0 Å². The molecule has 0 aliphatic rings. The topological polar surface area (TPSA) is 125 Å². The van der Waals surface area contributed by atoms with Crippen LogP contribution in [0.5, 0.6) is 0 Å². The molecule has 8 nitrogen and oxygen atoms in total. The van der Waals surface area contributed by atoms with Gasteiger partial charge in [-0.2, -0.15) is 5.10 Å². The van der Waals surface area contributed by atoms with Gasteiger partial charge in [0.25, 0.3) is 5.56 Å². The average molecular weight is 234 g/mol. The van der Waals surface area contributed by atoms with Crippen LogP contribution in [0.2, 0.25) is 0 Å². The lowest BCUT2D eigenvalue weighted by Gasteiger charge is -2.08. The minimum atomic E-state index is -0.662. The summed E-state index contributed by atoms with van der Waals surface area (Å²) in [6.07, 6.45) is 0. The Morgan fingerprint density at radius 2 is 2.12 bits per heavy atom. The second-order valence-corrected chi connectivity index (χ2v) is 3.17. The molecule has 88 valence electrons. The fourth-order valence-corrected chi connectivity index (χ4v) is 1.35. The molecule has 2 aromatic rings. The minimum Gasteiger partial charge on any atom is -0.291 e. The minimum absolute atomic E-state index is 0.194.